The first kappa shape index (κ1) is 23.4. The Morgan fingerprint density at radius 1 is 0.769 bits per heavy atom. The Morgan fingerprint density at radius 3 is 1.38 bits per heavy atom. The zero-order valence-corrected chi connectivity index (χ0v) is 15.9. The van der Waals surface area contributed by atoms with E-state index in [0.29, 0.717) is 11.1 Å². The number of aromatic carboxylic acids is 2. The summed E-state index contributed by atoms with van der Waals surface area (Å²) in [4.78, 5) is 20.4. The molecule has 2 aromatic carbocycles. The summed E-state index contributed by atoms with van der Waals surface area (Å²) in [5, 5.41) is 16.8. The average Bonchev–Trinajstić information content (AvgIpc) is 2.64. The minimum Gasteiger partial charge on any atom is -0.478 e. The van der Waals surface area contributed by atoms with Crippen molar-refractivity contribution >= 4 is 11.9 Å². The number of carbonyl (C=O) groups is 2. The Morgan fingerprint density at radius 2 is 1.15 bits per heavy atom. The first-order valence-electron chi connectivity index (χ1n) is 8.95. The van der Waals surface area contributed by atoms with Crippen molar-refractivity contribution in [3.05, 3.63) is 71.8 Å². The molecule has 0 radical (unpaired) electrons. The summed E-state index contributed by atoms with van der Waals surface area (Å²) in [6.07, 6.45) is 5.60. The molecular weight excluding hydrogens is 328 g/mol. The van der Waals surface area contributed by atoms with Crippen LogP contribution in [0.3, 0.4) is 0 Å². The van der Waals surface area contributed by atoms with Crippen LogP contribution in [-0.2, 0) is 0 Å². The van der Waals surface area contributed by atoms with Gasteiger partial charge in [0.15, 0.2) is 0 Å². The maximum Gasteiger partial charge on any atom is 0.335 e. The fourth-order valence-electron chi connectivity index (χ4n) is 1.96. The van der Waals surface area contributed by atoms with Crippen molar-refractivity contribution in [1.82, 2.24) is 0 Å². The smallest absolute Gasteiger partial charge is 0.335 e. The summed E-state index contributed by atoms with van der Waals surface area (Å²) in [6, 6.07) is 16.6. The second-order valence-corrected chi connectivity index (χ2v) is 6.23. The van der Waals surface area contributed by atoms with Gasteiger partial charge in [0, 0.05) is 0 Å². The SMILES string of the molecule is CCCCCC(C)C.O=C(O)c1ccccc1.O=C(O)c1ccccc1. The molecule has 0 unspecified atom stereocenters. The summed E-state index contributed by atoms with van der Waals surface area (Å²) in [7, 11) is 0. The van der Waals surface area contributed by atoms with Crippen LogP contribution in [0.2, 0.25) is 0 Å². The van der Waals surface area contributed by atoms with E-state index >= 15 is 0 Å². The predicted octanol–water partition coefficient (Wildman–Crippen LogP) is 5.99. The van der Waals surface area contributed by atoms with Gasteiger partial charge in [-0.15, -0.1) is 0 Å². The molecule has 0 saturated carbocycles. The summed E-state index contributed by atoms with van der Waals surface area (Å²) >= 11 is 0. The van der Waals surface area contributed by atoms with Gasteiger partial charge in [-0.3, -0.25) is 0 Å². The number of carboxylic acids is 2. The monoisotopic (exact) mass is 358 g/mol. The lowest BCUT2D eigenvalue weighted by atomic mass is 10.1. The topological polar surface area (TPSA) is 74.6 Å². The molecule has 0 amide bonds. The Labute approximate surface area is 156 Å². The van der Waals surface area contributed by atoms with Gasteiger partial charge < -0.3 is 10.2 Å². The van der Waals surface area contributed by atoms with Crippen LogP contribution < -0.4 is 0 Å². The molecule has 26 heavy (non-hydrogen) atoms. The third-order valence-corrected chi connectivity index (χ3v) is 3.43. The van der Waals surface area contributed by atoms with Crippen molar-refractivity contribution in [3.63, 3.8) is 0 Å². The minimum absolute atomic E-state index is 0.331. The molecule has 0 aliphatic heterocycles. The molecule has 0 spiro atoms. The van der Waals surface area contributed by atoms with Crippen LogP contribution in [0.15, 0.2) is 60.7 Å². The molecular formula is C22H30O4. The molecule has 0 saturated heterocycles. The highest BCUT2D eigenvalue weighted by Crippen LogP contribution is 2.06. The van der Waals surface area contributed by atoms with E-state index in [0.717, 1.165) is 5.92 Å². The van der Waals surface area contributed by atoms with Crippen LogP contribution in [0.25, 0.3) is 0 Å². The van der Waals surface area contributed by atoms with E-state index in [1.54, 1.807) is 60.7 Å². The number of carboxylic acid groups (broad SMARTS) is 2. The standard InChI is InChI=1S/C8H18.2C7H6O2/c1-4-5-6-7-8(2)3;2*8-7(9)6-4-2-1-3-5-6/h8H,4-7H2,1-3H3;2*1-5H,(H,8,9). The lowest BCUT2D eigenvalue weighted by Gasteiger charge is -2.00. The summed E-state index contributed by atoms with van der Waals surface area (Å²) in [6.45, 7) is 6.83. The van der Waals surface area contributed by atoms with Gasteiger partial charge in [0.2, 0.25) is 0 Å². The molecule has 2 rings (SSSR count). The van der Waals surface area contributed by atoms with E-state index in [2.05, 4.69) is 20.8 Å². The van der Waals surface area contributed by atoms with E-state index in [1.165, 1.54) is 25.7 Å². The maximum absolute atomic E-state index is 10.2. The maximum atomic E-state index is 10.2. The summed E-state index contributed by atoms with van der Waals surface area (Å²) < 4.78 is 0. The average molecular weight is 358 g/mol. The van der Waals surface area contributed by atoms with Gasteiger partial charge in [-0.1, -0.05) is 82.9 Å². The molecule has 4 heteroatoms. The second-order valence-electron chi connectivity index (χ2n) is 6.23. The van der Waals surface area contributed by atoms with Gasteiger partial charge in [-0.25, -0.2) is 9.59 Å². The third-order valence-electron chi connectivity index (χ3n) is 3.43. The summed E-state index contributed by atoms with van der Waals surface area (Å²) in [5.74, 6) is -0.854. The third kappa shape index (κ3) is 12.8. The molecule has 4 nitrogen and oxygen atoms in total. The molecule has 0 atom stereocenters. The first-order valence-corrected chi connectivity index (χ1v) is 8.95. The van der Waals surface area contributed by atoms with Crippen LogP contribution in [-0.4, -0.2) is 22.2 Å². The first-order chi connectivity index (χ1) is 12.4. The van der Waals surface area contributed by atoms with E-state index < -0.39 is 11.9 Å². The van der Waals surface area contributed by atoms with Crippen molar-refractivity contribution in [1.29, 1.82) is 0 Å². The number of hydrogen-bond donors (Lipinski definition) is 2. The minimum atomic E-state index is -0.879. The summed E-state index contributed by atoms with van der Waals surface area (Å²) in [5.41, 5.74) is 0.662. The quantitative estimate of drug-likeness (QED) is 0.622. The highest BCUT2D eigenvalue weighted by atomic mass is 16.4. The van der Waals surface area contributed by atoms with E-state index in [4.69, 9.17) is 10.2 Å². The van der Waals surface area contributed by atoms with Crippen molar-refractivity contribution in [2.24, 2.45) is 5.92 Å². The number of unbranched alkanes of at least 4 members (excludes halogenated alkanes) is 2. The van der Waals surface area contributed by atoms with Gasteiger partial charge in [-0.2, -0.15) is 0 Å². The van der Waals surface area contributed by atoms with Crippen molar-refractivity contribution < 1.29 is 19.8 Å². The molecule has 0 bridgehead atoms. The van der Waals surface area contributed by atoms with E-state index in [9.17, 15) is 9.59 Å². The second kappa shape index (κ2) is 14.7. The Balaban J connectivity index is 0.000000362. The van der Waals surface area contributed by atoms with Gasteiger partial charge in [0.25, 0.3) is 0 Å². The molecule has 0 aliphatic rings. The molecule has 0 aromatic heterocycles. The Hall–Kier alpha value is -2.62. The van der Waals surface area contributed by atoms with Crippen LogP contribution in [0.1, 0.15) is 67.2 Å². The number of rotatable bonds is 6. The normalized spacial score (nSPS) is 9.38. The fourth-order valence-corrected chi connectivity index (χ4v) is 1.96. The van der Waals surface area contributed by atoms with Gasteiger partial charge in [0.05, 0.1) is 11.1 Å². The molecule has 2 N–H and O–H groups in total. The van der Waals surface area contributed by atoms with Crippen molar-refractivity contribution in [2.75, 3.05) is 0 Å². The van der Waals surface area contributed by atoms with Gasteiger partial charge in [0.1, 0.15) is 0 Å². The number of benzene rings is 2. The zero-order chi connectivity index (χ0) is 19.8. The van der Waals surface area contributed by atoms with E-state index in [1.807, 2.05) is 0 Å². The largest absolute Gasteiger partial charge is 0.478 e. The van der Waals surface area contributed by atoms with Crippen LogP contribution in [0.4, 0.5) is 0 Å². The lowest BCUT2D eigenvalue weighted by Crippen LogP contribution is -1.93. The zero-order valence-electron chi connectivity index (χ0n) is 15.9. The van der Waals surface area contributed by atoms with Crippen LogP contribution in [0.5, 0.6) is 0 Å². The molecule has 142 valence electrons. The highest BCUT2D eigenvalue weighted by molar-refractivity contribution is 5.87. The van der Waals surface area contributed by atoms with Crippen LogP contribution in [0, 0.1) is 5.92 Å². The molecule has 2 aromatic rings. The van der Waals surface area contributed by atoms with Gasteiger partial charge in [-0.05, 0) is 30.2 Å². The Kier molecular flexibility index (Phi) is 13.2. The Bertz CT molecular complexity index is 557. The van der Waals surface area contributed by atoms with Crippen molar-refractivity contribution in [2.45, 2.75) is 46.5 Å². The van der Waals surface area contributed by atoms with E-state index in [-0.39, 0.29) is 0 Å². The molecule has 0 aliphatic carbocycles. The predicted molar refractivity (Wildman–Crippen MR) is 106 cm³/mol. The lowest BCUT2D eigenvalue weighted by molar-refractivity contribution is 0.0686. The molecule has 0 fully saturated rings. The fraction of sp³-hybridized carbons (Fsp3) is 0.364. The van der Waals surface area contributed by atoms with Gasteiger partial charge >= 0.3 is 11.9 Å². The molecule has 0 heterocycles. The van der Waals surface area contributed by atoms with Crippen molar-refractivity contribution in [3.8, 4) is 0 Å². The van der Waals surface area contributed by atoms with Crippen LogP contribution >= 0.6 is 0 Å². The number of hydrogen-bond acceptors (Lipinski definition) is 2. The highest BCUT2D eigenvalue weighted by Gasteiger charge is 1.97.